The second kappa shape index (κ2) is 6.56. The van der Waals surface area contributed by atoms with Gasteiger partial charge in [0.1, 0.15) is 0 Å². The number of nitrogens with zero attached hydrogens (tertiary/aromatic N) is 4. The molecule has 0 N–H and O–H groups in total. The number of hydrogen-bond acceptors (Lipinski definition) is 4. The quantitative estimate of drug-likeness (QED) is 0.847. The first-order valence-electron chi connectivity index (χ1n) is 6.33. The molecule has 0 aliphatic carbocycles. The number of anilines is 1. The van der Waals surface area contributed by atoms with Gasteiger partial charge >= 0.3 is 0 Å². The van der Waals surface area contributed by atoms with Gasteiger partial charge in [-0.1, -0.05) is 0 Å². The van der Waals surface area contributed by atoms with Crippen molar-refractivity contribution in [3.8, 4) is 11.3 Å². The Morgan fingerprint density at radius 3 is 2.95 bits per heavy atom. The third kappa shape index (κ3) is 3.19. The highest BCUT2D eigenvalue weighted by atomic mass is 32.2. The van der Waals surface area contributed by atoms with E-state index in [1.165, 1.54) is 0 Å². The average molecular weight is 290 g/mol. The minimum atomic E-state index is 0.0789. The van der Waals surface area contributed by atoms with E-state index in [9.17, 15) is 4.79 Å². The monoisotopic (exact) mass is 290 g/mol. The van der Waals surface area contributed by atoms with Crippen LogP contribution in [-0.4, -0.2) is 39.7 Å². The molecular formula is C14H18N4OS. The van der Waals surface area contributed by atoms with Gasteiger partial charge in [-0.05, 0) is 18.4 Å². The summed E-state index contributed by atoms with van der Waals surface area (Å²) in [5, 5.41) is 4.40. The highest BCUT2D eigenvalue weighted by Crippen LogP contribution is 2.23. The summed E-state index contributed by atoms with van der Waals surface area (Å²) in [5.74, 6) is 1.57. The predicted octanol–water partition coefficient (Wildman–Crippen LogP) is 2.20. The topological polar surface area (TPSA) is 51.0 Å². The number of pyridine rings is 1. The van der Waals surface area contributed by atoms with Crippen molar-refractivity contribution in [3.05, 3.63) is 30.6 Å². The molecule has 0 aromatic carbocycles. The van der Waals surface area contributed by atoms with Crippen molar-refractivity contribution in [2.45, 2.75) is 6.42 Å². The van der Waals surface area contributed by atoms with Gasteiger partial charge in [-0.15, -0.1) is 0 Å². The van der Waals surface area contributed by atoms with Crippen molar-refractivity contribution in [1.82, 2.24) is 14.8 Å². The molecule has 0 unspecified atom stereocenters. The van der Waals surface area contributed by atoms with Gasteiger partial charge < -0.3 is 0 Å². The Morgan fingerprint density at radius 2 is 2.30 bits per heavy atom. The van der Waals surface area contributed by atoms with Gasteiger partial charge in [-0.2, -0.15) is 16.9 Å². The van der Waals surface area contributed by atoms with Crippen LogP contribution in [0.2, 0.25) is 0 Å². The number of carbonyl (C=O) groups is 1. The Balaban J connectivity index is 2.21. The Morgan fingerprint density at radius 1 is 1.50 bits per heavy atom. The SMILES string of the molecule is CSCCC(=O)N(C)c1cc(-c2cccnc2)n(C)n1. The van der Waals surface area contributed by atoms with Gasteiger partial charge in [0, 0.05) is 50.3 Å². The first-order chi connectivity index (χ1) is 9.63. The molecule has 1 amide bonds. The van der Waals surface area contributed by atoms with Crippen molar-refractivity contribution >= 4 is 23.5 Å². The van der Waals surface area contributed by atoms with Gasteiger partial charge in [0.2, 0.25) is 5.91 Å². The molecular weight excluding hydrogens is 272 g/mol. The summed E-state index contributed by atoms with van der Waals surface area (Å²) in [6, 6.07) is 5.77. The van der Waals surface area contributed by atoms with Crippen LogP contribution in [0.3, 0.4) is 0 Å². The van der Waals surface area contributed by atoms with E-state index >= 15 is 0 Å². The third-order valence-electron chi connectivity index (χ3n) is 3.06. The van der Waals surface area contributed by atoms with E-state index in [4.69, 9.17) is 0 Å². The maximum Gasteiger partial charge on any atom is 0.228 e. The highest BCUT2D eigenvalue weighted by Gasteiger charge is 2.15. The Labute approximate surface area is 123 Å². The van der Waals surface area contributed by atoms with Crippen molar-refractivity contribution in [1.29, 1.82) is 0 Å². The summed E-state index contributed by atoms with van der Waals surface area (Å²) in [6.45, 7) is 0. The molecule has 5 nitrogen and oxygen atoms in total. The van der Waals surface area contributed by atoms with Gasteiger partial charge in [-0.3, -0.25) is 19.4 Å². The van der Waals surface area contributed by atoms with Crippen LogP contribution in [0, 0.1) is 0 Å². The zero-order chi connectivity index (χ0) is 14.5. The number of amides is 1. The summed E-state index contributed by atoms with van der Waals surface area (Å²) in [6.07, 6.45) is 6.04. The van der Waals surface area contributed by atoms with Crippen LogP contribution in [0.15, 0.2) is 30.6 Å². The van der Waals surface area contributed by atoms with Crippen molar-refractivity contribution in [2.24, 2.45) is 7.05 Å². The molecule has 106 valence electrons. The van der Waals surface area contributed by atoms with E-state index in [1.807, 2.05) is 31.5 Å². The van der Waals surface area contributed by atoms with E-state index in [2.05, 4.69) is 10.1 Å². The first kappa shape index (κ1) is 14.6. The number of carbonyl (C=O) groups excluding carboxylic acids is 1. The van der Waals surface area contributed by atoms with E-state index in [0.717, 1.165) is 17.0 Å². The molecule has 0 aliphatic heterocycles. The van der Waals surface area contributed by atoms with Gasteiger partial charge in [0.15, 0.2) is 5.82 Å². The smallest absolute Gasteiger partial charge is 0.228 e. The van der Waals surface area contributed by atoms with E-state index in [-0.39, 0.29) is 5.91 Å². The average Bonchev–Trinajstić information content (AvgIpc) is 2.86. The largest absolute Gasteiger partial charge is 0.298 e. The van der Waals surface area contributed by atoms with Crippen LogP contribution < -0.4 is 4.90 Å². The zero-order valence-corrected chi connectivity index (χ0v) is 12.7. The molecule has 0 aliphatic rings. The van der Waals surface area contributed by atoms with Crippen LogP contribution in [-0.2, 0) is 11.8 Å². The Bertz CT molecular complexity index is 582. The molecule has 0 fully saturated rings. The van der Waals surface area contributed by atoms with E-state index in [0.29, 0.717) is 12.2 Å². The van der Waals surface area contributed by atoms with Gasteiger partial charge in [-0.25, -0.2) is 0 Å². The van der Waals surface area contributed by atoms with Crippen LogP contribution in [0.1, 0.15) is 6.42 Å². The second-order valence-corrected chi connectivity index (χ2v) is 5.43. The minimum Gasteiger partial charge on any atom is -0.298 e. The molecule has 6 heteroatoms. The van der Waals surface area contributed by atoms with Crippen LogP contribution in [0.25, 0.3) is 11.3 Å². The number of aromatic nitrogens is 3. The van der Waals surface area contributed by atoms with E-state index in [1.54, 1.807) is 40.8 Å². The molecule has 0 radical (unpaired) electrons. The number of rotatable bonds is 5. The fourth-order valence-electron chi connectivity index (χ4n) is 1.89. The van der Waals surface area contributed by atoms with Gasteiger partial charge in [0.05, 0.1) is 5.69 Å². The molecule has 0 atom stereocenters. The lowest BCUT2D eigenvalue weighted by atomic mass is 10.2. The molecule has 0 spiro atoms. The van der Waals surface area contributed by atoms with Gasteiger partial charge in [0.25, 0.3) is 0 Å². The second-order valence-electron chi connectivity index (χ2n) is 4.45. The fraction of sp³-hybridized carbons (Fsp3) is 0.357. The summed E-state index contributed by atoms with van der Waals surface area (Å²) in [7, 11) is 3.63. The number of hydrogen-bond donors (Lipinski definition) is 0. The maximum atomic E-state index is 12.0. The third-order valence-corrected chi connectivity index (χ3v) is 3.67. The Hall–Kier alpha value is -1.82. The minimum absolute atomic E-state index is 0.0789. The number of thioether (sulfide) groups is 1. The molecule has 20 heavy (non-hydrogen) atoms. The lowest BCUT2D eigenvalue weighted by molar-refractivity contribution is -0.117. The number of aryl methyl sites for hydroxylation is 1. The zero-order valence-electron chi connectivity index (χ0n) is 11.9. The fourth-order valence-corrected chi connectivity index (χ4v) is 2.26. The summed E-state index contributed by atoms with van der Waals surface area (Å²) >= 11 is 1.67. The molecule has 2 aromatic heterocycles. The molecule has 0 saturated carbocycles. The lowest BCUT2D eigenvalue weighted by Gasteiger charge is -2.13. The molecule has 2 heterocycles. The highest BCUT2D eigenvalue weighted by molar-refractivity contribution is 7.98. The normalized spacial score (nSPS) is 10.6. The summed E-state index contributed by atoms with van der Waals surface area (Å²) in [5.41, 5.74) is 1.93. The Kier molecular flexibility index (Phi) is 4.79. The molecule has 0 bridgehead atoms. The molecule has 0 saturated heterocycles. The first-order valence-corrected chi connectivity index (χ1v) is 7.73. The summed E-state index contributed by atoms with van der Waals surface area (Å²) in [4.78, 5) is 17.7. The van der Waals surface area contributed by atoms with Crippen LogP contribution >= 0.6 is 11.8 Å². The maximum absolute atomic E-state index is 12.0. The van der Waals surface area contributed by atoms with Crippen molar-refractivity contribution < 1.29 is 4.79 Å². The lowest BCUT2D eigenvalue weighted by Crippen LogP contribution is -2.26. The predicted molar refractivity (Wildman–Crippen MR) is 82.8 cm³/mol. The van der Waals surface area contributed by atoms with Crippen molar-refractivity contribution in [2.75, 3.05) is 24.0 Å². The van der Waals surface area contributed by atoms with E-state index < -0.39 is 0 Å². The standard InChI is InChI=1S/C14H18N4OS/c1-17(14(19)6-8-20-3)13-9-12(18(2)16-13)11-5-4-7-15-10-11/h4-5,7,9-10H,6,8H2,1-3H3. The van der Waals surface area contributed by atoms with Crippen LogP contribution in [0.4, 0.5) is 5.82 Å². The molecule has 2 aromatic rings. The molecule has 2 rings (SSSR count). The van der Waals surface area contributed by atoms with Crippen LogP contribution in [0.5, 0.6) is 0 Å². The van der Waals surface area contributed by atoms with Crippen molar-refractivity contribution in [3.63, 3.8) is 0 Å². The summed E-state index contributed by atoms with van der Waals surface area (Å²) < 4.78 is 1.77.